The highest BCUT2D eigenvalue weighted by Gasteiger charge is 2.45. The molecule has 5 aromatic rings. The number of amides is 6. The second-order valence-corrected chi connectivity index (χ2v) is 17.0. The van der Waals surface area contributed by atoms with Gasteiger partial charge in [-0.05, 0) is 73.9 Å². The van der Waals surface area contributed by atoms with Crippen LogP contribution in [-0.4, -0.2) is 158 Å². The number of nitrogens with zero attached hydrogens (tertiary/aromatic N) is 10. The summed E-state index contributed by atoms with van der Waals surface area (Å²) in [6, 6.07) is 21.7. The minimum atomic E-state index is -0.984. The number of nitrogen functional groups attached to an aromatic ring is 1. The van der Waals surface area contributed by atoms with Crippen LogP contribution in [0.4, 0.5) is 16.3 Å². The van der Waals surface area contributed by atoms with E-state index in [1.165, 1.54) is 6.33 Å². The Bertz CT molecular complexity index is 2610. The van der Waals surface area contributed by atoms with Crippen LogP contribution in [0.25, 0.3) is 22.3 Å². The molecule has 0 bridgehead atoms. The van der Waals surface area contributed by atoms with Crippen LogP contribution in [0.1, 0.15) is 52.4 Å². The Labute approximate surface area is 369 Å². The Morgan fingerprint density at radius 2 is 1.45 bits per heavy atom. The van der Waals surface area contributed by atoms with E-state index in [4.69, 9.17) is 15.6 Å². The molecule has 18 nitrogen and oxygen atoms in total. The van der Waals surface area contributed by atoms with Crippen molar-refractivity contribution in [3.63, 3.8) is 0 Å². The molecule has 6 amide bonds. The number of carbonyl (C=O) groups excluding carboxylic acids is 5. The van der Waals surface area contributed by atoms with Crippen molar-refractivity contribution in [3.8, 4) is 22.8 Å². The number of hydrogen-bond donors (Lipinski definition) is 2. The summed E-state index contributed by atoms with van der Waals surface area (Å²) < 4.78 is 7.94. The first-order valence-electron chi connectivity index (χ1n) is 22.1. The number of nitrogens with one attached hydrogen (secondary N) is 1. The van der Waals surface area contributed by atoms with Crippen molar-refractivity contribution < 1.29 is 28.7 Å². The summed E-state index contributed by atoms with van der Waals surface area (Å²) in [6.07, 6.45) is 3.38. The van der Waals surface area contributed by atoms with E-state index in [1.807, 2.05) is 75.1 Å². The number of likely N-dealkylation sites (tertiary alicyclic amines) is 1. The van der Waals surface area contributed by atoms with Gasteiger partial charge in [-0.15, -0.1) is 0 Å². The number of imide groups is 2. The normalized spacial score (nSPS) is 21.1. The van der Waals surface area contributed by atoms with Crippen molar-refractivity contribution in [2.75, 3.05) is 89.2 Å². The summed E-state index contributed by atoms with van der Waals surface area (Å²) >= 11 is 0. The van der Waals surface area contributed by atoms with Crippen LogP contribution in [0, 0.1) is 0 Å². The quantitative estimate of drug-likeness (QED) is 0.205. The van der Waals surface area contributed by atoms with Gasteiger partial charge in [-0.3, -0.25) is 39.2 Å². The number of para-hydroxylation sites is 1. The summed E-state index contributed by atoms with van der Waals surface area (Å²) in [4.78, 5) is 85.6. The van der Waals surface area contributed by atoms with Gasteiger partial charge in [-0.25, -0.2) is 19.4 Å². The van der Waals surface area contributed by atoms with Gasteiger partial charge in [0.2, 0.25) is 11.8 Å². The Morgan fingerprint density at radius 3 is 2.19 bits per heavy atom. The number of hydrogen-bond acceptors (Lipinski definition) is 13. The Morgan fingerprint density at radius 1 is 0.750 bits per heavy atom. The Balaban J connectivity index is 0.705. The van der Waals surface area contributed by atoms with Crippen LogP contribution in [0.15, 0.2) is 79.1 Å². The van der Waals surface area contributed by atoms with Crippen LogP contribution in [0.2, 0.25) is 0 Å². The lowest BCUT2D eigenvalue weighted by Crippen LogP contribution is -2.55. The van der Waals surface area contributed by atoms with E-state index in [0.717, 1.165) is 87.1 Å². The molecule has 3 N–H and O–H groups in total. The molecular weight excluding hydrogens is 817 g/mol. The third-order valence-electron chi connectivity index (χ3n) is 13.2. The van der Waals surface area contributed by atoms with Crippen LogP contribution >= 0.6 is 0 Å². The van der Waals surface area contributed by atoms with Gasteiger partial charge in [0, 0.05) is 96.2 Å². The summed E-state index contributed by atoms with van der Waals surface area (Å²) in [5.74, 6) is -0.187. The second-order valence-electron chi connectivity index (χ2n) is 17.0. The summed E-state index contributed by atoms with van der Waals surface area (Å²) in [5.41, 5.74) is 10.1. The third-order valence-corrected chi connectivity index (χ3v) is 13.2. The van der Waals surface area contributed by atoms with E-state index in [2.05, 4.69) is 30.0 Å². The number of nitrogens with two attached hydrogens (primary N) is 1. The van der Waals surface area contributed by atoms with Gasteiger partial charge in [0.05, 0.1) is 22.6 Å². The molecular formula is C46H50N12O6. The van der Waals surface area contributed by atoms with Crippen molar-refractivity contribution >= 4 is 52.2 Å². The molecule has 5 aliphatic heterocycles. The molecule has 7 heterocycles. The predicted molar refractivity (Wildman–Crippen MR) is 237 cm³/mol. The highest BCUT2D eigenvalue weighted by atomic mass is 16.5. The van der Waals surface area contributed by atoms with E-state index < -0.39 is 29.7 Å². The van der Waals surface area contributed by atoms with Gasteiger partial charge in [0.25, 0.3) is 11.8 Å². The maximum atomic E-state index is 14.0. The van der Waals surface area contributed by atoms with Gasteiger partial charge >= 0.3 is 6.03 Å². The van der Waals surface area contributed by atoms with Crippen LogP contribution in [0.3, 0.4) is 0 Å². The maximum Gasteiger partial charge on any atom is 0.320 e. The average Bonchev–Trinajstić information content (AvgIpc) is 3.84. The number of urea groups is 1. The first-order chi connectivity index (χ1) is 31.2. The van der Waals surface area contributed by atoms with Gasteiger partial charge in [0.15, 0.2) is 5.65 Å². The fourth-order valence-electron chi connectivity index (χ4n) is 9.62. The SMILES string of the molecule is Nc1ncnc2c1c(-c1ccc(Oc3ccccc3)cc1)nn2C1CCCN(C(=O)N2CCN(CCN3CCN(c4ccc5c(c4)C(=O)N(C4CCC(=O)NC4=O)C5=O)CC3)CC2)C1. The van der Waals surface area contributed by atoms with Crippen molar-refractivity contribution in [3.05, 3.63) is 90.3 Å². The zero-order valence-electron chi connectivity index (χ0n) is 35.5. The van der Waals surface area contributed by atoms with E-state index in [0.29, 0.717) is 60.0 Å². The third kappa shape index (κ3) is 7.98. The smallest absolute Gasteiger partial charge is 0.320 e. The molecule has 18 heteroatoms. The molecule has 4 saturated heterocycles. The predicted octanol–water partition coefficient (Wildman–Crippen LogP) is 3.47. The standard InChI is InChI=1S/C46H50N12O6/c47-41-39-40(30-8-11-34(12-9-30)64-33-6-2-1-3-7-33)51-58(42(39)49-29-48-41)32-5-4-16-56(28-32)46(63)55-25-21-53(22-26-55)18-17-52-19-23-54(24-20-52)31-10-13-35-36(27-31)45(62)57(44(35)61)37-14-15-38(59)50-43(37)60/h1-3,6-13,27,29,32,37H,4-5,14-26,28H2,(H2,47,48,49)(H,50,59,60). The average molecular weight is 867 g/mol. The molecule has 2 unspecified atom stereocenters. The zero-order chi connectivity index (χ0) is 43.9. The minimum absolute atomic E-state index is 0.0570. The number of ether oxygens (including phenoxy) is 1. The van der Waals surface area contributed by atoms with Crippen molar-refractivity contribution in [2.45, 2.75) is 37.8 Å². The Kier molecular flexibility index (Phi) is 11.1. The molecule has 0 aliphatic carbocycles. The summed E-state index contributed by atoms with van der Waals surface area (Å²) in [6.45, 7) is 9.20. The van der Waals surface area contributed by atoms with Crippen molar-refractivity contribution in [1.82, 2.24) is 49.6 Å². The first-order valence-corrected chi connectivity index (χ1v) is 22.1. The fourth-order valence-corrected chi connectivity index (χ4v) is 9.62. The van der Waals surface area contributed by atoms with Crippen molar-refractivity contribution in [2.24, 2.45) is 0 Å². The highest BCUT2D eigenvalue weighted by molar-refractivity contribution is 6.23. The summed E-state index contributed by atoms with van der Waals surface area (Å²) in [7, 11) is 0. The second kappa shape index (κ2) is 17.3. The van der Waals surface area contributed by atoms with Gasteiger partial charge in [-0.1, -0.05) is 18.2 Å². The van der Waals surface area contributed by atoms with E-state index in [-0.39, 0.29) is 30.5 Å². The molecule has 2 aromatic heterocycles. The highest BCUT2D eigenvalue weighted by Crippen LogP contribution is 2.36. The van der Waals surface area contributed by atoms with Gasteiger partial charge < -0.3 is 25.2 Å². The molecule has 2 atom stereocenters. The number of fused-ring (bicyclic) bond motifs is 2. The molecule has 64 heavy (non-hydrogen) atoms. The van der Waals surface area contributed by atoms with Gasteiger partial charge in [-0.2, -0.15) is 5.10 Å². The lowest BCUT2D eigenvalue weighted by atomic mass is 10.0. The molecule has 10 rings (SSSR count). The lowest BCUT2D eigenvalue weighted by Gasteiger charge is -2.41. The zero-order valence-corrected chi connectivity index (χ0v) is 35.5. The monoisotopic (exact) mass is 866 g/mol. The van der Waals surface area contributed by atoms with Crippen LogP contribution in [0.5, 0.6) is 11.5 Å². The summed E-state index contributed by atoms with van der Waals surface area (Å²) in [5, 5.41) is 8.01. The number of anilines is 2. The topological polar surface area (TPSA) is 196 Å². The number of carbonyl (C=O) groups is 5. The molecule has 0 spiro atoms. The van der Waals surface area contributed by atoms with Gasteiger partial charge in [0.1, 0.15) is 35.4 Å². The number of benzene rings is 3. The molecule has 5 aliphatic rings. The van der Waals surface area contributed by atoms with E-state index in [1.54, 1.807) is 12.1 Å². The molecule has 0 radical (unpaired) electrons. The maximum absolute atomic E-state index is 14.0. The number of piperidine rings is 2. The lowest BCUT2D eigenvalue weighted by molar-refractivity contribution is -0.136. The molecule has 3 aromatic carbocycles. The van der Waals surface area contributed by atoms with Crippen molar-refractivity contribution in [1.29, 1.82) is 0 Å². The van der Waals surface area contributed by atoms with E-state index >= 15 is 0 Å². The number of piperazine rings is 2. The minimum Gasteiger partial charge on any atom is -0.457 e. The largest absolute Gasteiger partial charge is 0.457 e. The first kappa shape index (κ1) is 41.1. The van der Waals surface area contributed by atoms with Crippen LogP contribution < -0.4 is 20.7 Å². The fraction of sp³-hybridized carbons (Fsp3) is 0.391. The van der Waals surface area contributed by atoms with E-state index in [9.17, 15) is 24.0 Å². The number of rotatable bonds is 9. The molecule has 330 valence electrons. The molecule has 4 fully saturated rings. The van der Waals surface area contributed by atoms with Crippen LogP contribution in [-0.2, 0) is 9.59 Å². The number of aromatic nitrogens is 4. The molecule has 0 saturated carbocycles. The Hall–Kier alpha value is -6.92.